The van der Waals surface area contributed by atoms with E-state index in [1.165, 1.54) is 28.6 Å². The molecule has 8 heteroatoms. The minimum Gasteiger partial charge on any atom is -0.319 e. The monoisotopic (exact) mass is 352 g/mol. The van der Waals surface area contributed by atoms with Crippen LogP contribution in [0.2, 0.25) is 0 Å². The number of anilines is 2. The van der Waals surface area contributed by atoms with Gasteiger partial charge in [-0.25, -0.2) is 17.2 Å². The molecule has 126 valence electrons. The first-order valence-corrected chi connectivity index (χ1v) is 8.85. The van der Waals surface area contributed by atoms with Crippen molar-refractivity contribution in [2.24, 2.45) is 0 Å². The number of amides is 1. The molecule has 1 fully saturated rings. The van der Waals surface area contributed by atoms with Crippen LogP contribution in [0.25, 0.3) is 0 Å². The van der Waals surface area contributed by atoms with Crippen molar-refractivity contribution in [2.45, 2.75) is 6.42 Å². The van der Waals surface area contributed by atoms with Gasteiger partial charge in [-0.2, -0.15) is 0 Å². The topological polar surface area (TPSA) is 66.5 Å². The zero-order chi connectivity index (χ0) is 17.3. The Morgan fingerprint density at radius 1 is 1.08 bits per heavy atom. The molecule has 1 saturated heterocycles. The van der Waals surface area contributed by atoms with Gasteiger partial charge in [-0.05, 0) is 42.8 Å². The fourth-order valence-electron chi connectivity index (χ4n) is 2.49. The lowest BCUT2D eigenvalue weighted by molar-refractivity contribution is 0.102. The molecule has 1 N–H and O–H groups in total. The summed E-state index contributed by atoms with van der Waals surface area (Å²) in [6.45, 7) is 0.411. The predicted octanol–water partition coefficient (Wildman–Crippen LogP) is 2.76. The summed E-state index contributed by atoms with van der Waals surface area (Å²) >= 11 is 0. The lowest BCUT2D eigenvalue weighted by Gasteiger charge is -2.17. The van der Waals surface area contributed by atoms with Crippen LogP contribution in [-0.2, 0) is 10.0 Å². The summed E-state index contributed by atoms with van der Waals surface area (Å²) in [5.41, 5.74) is 0.587. The molecule has 0 radical (unpaired) electrons. The first-order chi connectivity index (χ1) is 11.4. The van der Waals surface area contributed by atoms with Crippen molar-refractivity contribution in [2.75, 3.05) is 21.9 Å². The van der Waals surface area contributed by atoms with Gasteiger partial charge in [0.2, 0.25) is 10.0 Å². The molecule has 1 heterocycles. The van der Waals surface area contributed by atoms with E-state index < -0.39 is 27.6 Å². The van der Waals surface area contributed by atoms with Gasteiger partial charge in [0.15, 0.2) is 0 Å². The smallest absolute Gasteiger partial charge is 0.255 e. The summed E-state index contributed by atoms with van der Waals surface area (Å²) in [7, 11) is -3.28. The van der Waals surface area contributed by atoms with Gasteiger partial charge in [-0.3, -0.25) is 9.10 Å². The standard InChI is InChI=1S/C16H14F2N2O3S/c17-12-4-7-15(14(18)10-12)19-16(21)11-2-5-13(6-3-11)20-8-1-9-24(20,22)23/h2-7,10H,1,8-9H2,(H,19,21). The van der Waals surface area contributed by atoms with Crippen molar-refractivity contribution in [3.8, 4) is 0 Å². The average Bonchev–Trinajstić information content (AvgIpc) is 2.89. The Hall–Kier alpha value is -2.48. The van der Waals surface area contributed by atoms with Gasteiger partial charge in [-0.1, -0.05) is 0 Å². The highest BCUT2D eigenvalue weighted by Gasteiger charge is 2.28. The van der Waals surface area contributed by atoms with Crippen molar-refractivity contribution in [1.29, 1.82) is 0 Å². The van der Waals surface area contributed by atoms with Crippen LogP contribution in [-0.4, -0.2) is 26.6 Å². The number of carbonyl (C=O) groups is 1. The van der Waals surface area contributed by atoms with Crippen molar-refractivity contribution in [1.82, 2.24) is 0 Å². The number of rotatable bonds is 3. The van der Waals surface area contributed by atoms with Crippen LogP contribution in [0.15, 0.2) is 42.5 Å². The van der Waals surface area contributed by atoms with E-state index in [2.05, 4.69) is 5.32 Å². The maximum atomic E-state index is 13.6. The number of benzene rings is 2. The van der Waals surface area contributed by atoms with Crippen LogP contribution < -0.4 is 9.62 Å². The van der Waals surface area contributed by atoms with Crippen LogP contribution in [0.4, 0.5) is 20.2 Å². The zero-order valence-electron chi connectivity index (χ0n) is 12.5. The third kappa shape index (κ3) is 3.23. The minimum absolute atomic E-state index is 0.110. The van der Waals surface area contributed by atoms with E-state index in [-0.39, 0.29) is 17.0 Å². The number of nitrogens with zero attached hydrogens (tertiary/aromatic N) is 1. The summed E-state index contributed by atoms with van der Waals surface area (Å²) in [6.07, 6.45) is 0.564. The number of nitrogens with one attached hydrogen (secondary N) is 1. The molecule has 1 amide bonds. The molecule has 1 aliphatic heterocycles. The van der Waals surface area contributed by atoms with E-state index in [9.17, 15) is 22.0 Å². The molecule has 2 aromatic rings. The number of hydrogen-bond acceptors (Lipinski definition) is 3. The van der Waals surface area contributed by atoms with Gasteiger partial charge in [0, 0.05) is 18.2 Å². The SMILES string of the molecule is O=C(Nc1ccc(F)cc1F)c1ccc(N2CCCS2(=O)=O)cc1. The lowest BCUT2D eigenvalue weighted by atomic mass is 10.2. The van der Waals surface area contributed by atoms with E-state index in [0.29, 0.717) is 24.7 Å². The third-order valence-corrected chi connectivity index (χ3v) is 5.57. The molecule has 0 bridgehead atoms. The molecule has 1 aliphatic rings. The fourth-order valence-corrected chi connectivity index (χ4v) is 4.06. The van der Waals surface area contributed by atoms with Crippen LogP contribution in [0.3, 0.4) is 0 Å². The summed E-state index contributed by atoms with van der Waals surface area (Å²) in [4.78, 5) is 12.1. The fraction of sp³-hybridized carbons (Fsp3) is 0.188. The van der Waals surface area contributed by atoms with E-state index in [4.69, 9.17) is 0 Å². The summed E-state index contributed by atoms with van der Waals surface area (Å²) in [6, 6.07) is 8.82. The molecule has 0 aliphatic carbocycles. The molecule has 2 aromatic carbocycles. The number of sulfonamides is 1. The Balaban J connectivity index is 1.77. The minimum atomic E-state index is -3.28. The van der Waals surface area contributed by atoms with Gasteiger partial charge in [0.25, 0.3) is 5.91 Å². The van der Waals surface area contributed by atoms with E-state index >= 15 is 0 Å². The molecule has 0 saturated carbocycles. The van der Waals surface area contributed by atoms with Crippen molar-refractivity contribution < 1.29 is 22.0 Å². The zero-order valence-corrected chi connectivity index (χ0v) is 13.3. The Labute approximate surface area is 138 Å². The number of hydrogen-bond donors (Lipinski definition) is 1. The molecule has 3 rings (SSSR count). The third-order valence-electron chi connectivity index (χ3n) is 3.70. The van der Waals surface area contributed by atoms with Crippen molar-refractivity contribution in [3.63, 3.8) is 0 Å². The average molecular weight is 352 g/mol. The van der Waals surface area contributed by atoms with Crippen molar-refractivity contribution >= 4 is 27.3 Å². The van der Waals surface area contributed by atoms with E-state index in [1.54, 1.807) is 0 Å². The second-order valence-electron chi connectivity index (χ2n) is 5.37. The highest BCUT2D eigenvalue weighted by molar-refractivity contribution is 7.93. The number of halogens is 2. The molecule has 24 heavy (non-hydrogen) atoms. The Morgan fingerprint density at radius 3 is 2.38 bits per heavy atom. The summed E-state index contributed by atoms with van der Waals surface area (Å²) in [5.74, 6) is -2.07. The maximum Gasteiger partial charge on any atom is 0.255 e. The molecular formula is C16H14F2N2O3S. The molecule has 0 spiro atoms. The highest BCUT2D eigenvalue weighted by atomic mass is 32.2. The van der Waals surface area contributed by atoms with Crippen LogP contribution in [0.1, 0.15) is 16.8 Å². The van der Waals surface area contributed by atoms with Crippen molar-refractivity contribution in [3.05, 3.63) is 59.7 Å². The van der Waals surface area contributed by atoms with E-state index in [0.717, 1.165) is 12.1 Å². The molecule has 0 aromatic heterocycles. The molecule has 0 unspecified atom stereocenters. The van der Waals surface area contributed by atoms with Gasteiger partial charge in [0.1, 0.15) is 11.6 Å². The summed E-state index contributed by atoms with van der Waals surface area (Å²) < 4.78 is 51.4. The second kappa shape index (κ2) is 6.20. The van der Waals surface area contributed by atoms with Gasteiger partial charge < -0.3 is 5.32 Å². The quantitative estimate of drug-likeness (QED) is 0.924. The van der Waals surface area contributed by atoms with Gasteiger partial charge in [-0.15, -0.1) is 0 Å². The maximum absolute atomic E-state index is 13.6. The highest BCUT2D eigenvalue weighted by Crippen LogP contribution is 2.24. The van der Waals surface area contributed by atoms with Crippen LogP contribution in [0, 0.1) is 11.6 Å². The van der Waals surface area contributed by atoms with E-state index in [1.807, 2.05) is 0 Å². The normalized spacial score (nSPS) is 16.2. The van der Waals surface area contributed by atoms with Crippen LogP contribution in [0.5, 0.6) is 0 Å². The lowest BCUT2D eigenvalue weighted by Crippen LogP contribution is -2.25. The second-order valence-corrected chi connectivity index (χ2v) is 7.38. The van der Waals surface area contributed by atoms with Gasteiger partial charge in [0.05, 0.1) is 17.1 Å². The predicted molar refractivity (Wildman–Crippen MR) is 86.5 cm³/mol. The summed E-state index contributed by atoms with van der Waals surface area (Å²) in [5, 5.41) is 2.35. The Bertz CT molecular complexity index is 883. The Morgan fingerprint density at radius 2 is 1.79 bits per heavy atom. The first-order valence-electron chi connectivity index (χ1n) is 7.24. The first kappa shape index (κ1) is 16.4. The molecule has 0 atom stereocenters. The number of carbonyl (C=O) groups excluding carboxylic acids is 1. The molecular weight excluding hydrogens is 338 g/mol. The van der Waals surface area contributed by atoms with Gasteiger partial charge >= 0.3 is 0 Å². The van der Waals surface area contributed by atoms with Crippen LogP contribution >= 0.6 is 0 Å². The largest absolute Gasteiger partial charge is 0.319 e. The Kier molecular flexibility index (Phi) is 4.23. The molecule has 5 nitrogen and oxygen atoms in total.